The third-order valence-electron chi connectivity index (χ3n) is 4.66. The molecule has 0 bridgehead atoms. The zero-order chi connectivity index (χ0) is 17.2. The van der Waals surface area contributed by atoms with Crippen LogP contribution in [-0.4, -0.2) is 44.7 Å². The molecule has 1 aromatic rings. The molecule has 0 atom stereocenters. The molecule has 23 heavy (non-hydrogen) atoms. The van der Waals surface area contributed by atoms with Crippen LogP contribution >= 0.6 is 0 Å². The third-order valence-corrected chi connectivity index (χ3v) is 6.54. The first kappa shape index (κ1) is 18.3. The lowest BCUT2D eigenvalue weighted by Crippen LogP contribution is -2.49. The SMILES string of the molecule is CCS(=O)(=O)N1CCN(c2c(C(C)C)cccc2C(C)C)CC1. The highest BCUT2D eigenvalue weighted by atomic mass is 32.2. The minimum Gasteiger partial charge on any atom is -0.368 e. The topological polar surface area (TPSA) is 40.6 Å². The number of hydrogen-bond donors (Lipinski definition) is 0. The van der Waals surface area contributed by atoms with Crippen LogP contribution in [0.1, 0.15) is 57.6 Å². The molecule has 0 N–H and O–H groups in total. The number of piperazine rings is 1. The minimum atomic E-state index is -3.07. The Bertz CT molecular complexity index is 604. The molecule has 1 saturated heterocycles. The molecular formula is C18H30N2O2S. The maximum atomic E-state index is 12.1. The highest BCUT2D eigenvalue weighted by Crippen LogP contribution is 2.35. The van der Waals surface area contributed by atoms with E-state index in [1.807, 2.05) is 0 Å². The molecule has 4 nitrogen and oxygen atoms in total. The second-order valence-corrected chi connectivity index (χ2v) is 9.14. The molecule has 1 aliphatic rings. The fourth-order valence-electron chi connectivity index (χ4n) is 3.25. The Morgan fingerprint density at radius 3 is 1.83 bits per heavy atom. The molecule has 0 unspecified atom stereocenters. The maximum Gasteiger partial charge on any atom is 0.213 e. The van der Waals surface area contributed by atoms with Gasteiger partial charge in [0.25, 0.3) is 0 Å². The molecule has 0 spiro atoms. The summed E-state index contributed by atoms with van der Waals surface area (Å²) in [6.45, 7) is 13.3. The summed E-state index contributed by atoms with van der Waals surface area (Å²) in [6.07, 6.45) is 0. The molecule has 0 aromatic heterocycles. The van der Waals surface area contributed by atoms with Crippen molar-refractivity contribution in [2.24, 2.45) is 0 Å². The predicted octanol–water partition coefficient (Wildman–Crippen LogP) is 3.41. The lowest BCUT2D eigenvalue weighted by atomic mass is 9.91. The van der Waals surface area contributed by atoms with Crippen LogP contribution < -0.4 is 4.90 Å². The Balaban J connectivity index is 2.30. The molecule has 1 heterocycles. The van der Waals surface area contributed by atoms with Crippen molar-refractivity contribution in [3.8, 4) is 0 Å². The lowest BCUT2D eigenvalue weighted by molar-refractivity contribution is 0.384. The lowest BCUT2D eigenvalue weighted by Gasteiger charge is -2.38. The molecule has 2 rings (SSSR count). The second-order valence-electron chi connectivity index (χ2n) is 6.88. The van der Waals surface area contributed by atoms with Crippen molar-refractivity contribution in [1.29, 1.82) is 0 Å². The van der Waals surface area contributed by atoms with Crippen molar-refractivity contribution >= 4 is 15.7 Å². The molecule has 1 fully saturated rings. The van der Waals surface area contributed by atoms with Crippen LogP contribution in [0.2, 0.25) is 0 Å². The second kappa shape index (κ2) is 7.22. The van der Waals surface area contributed by atoms with Gasteiger partial charge in [0.15, 0.2) is 0 Å². The van der Waals surface area contributed by atoms with Gasteiger partial charge in [0.2, 0.25) is 10.0 Å². The Morgan fingerprint density at radius 2 is 1.43 bits per heavy atom. The molecule has 5 heteroatoms. The molecule has 1 aromatic carbocycles. The highest BCUT2D eigenvalue weighted by Gasteiger charge is 2.28. The summed E-state index contributed by atoms with van der Waals surface area (Å²) in [5.41, 5.74) is 4.05. The number of para-hydroxylation sites is 1. The maximum absolute atomic E-state index is 12.1. The number of hydrogen-bond acceptors (Lipinski definition) is 3. The third kappa shape index (κ3) is 3.89. The van der Waals surface area contributed by atoms with Gasteiger partial charge in [-0.05, 0) is 29.9 Å². The average molecular weight is 339 g/mol. The fraction of sp³-hybridized carbons (Fsp3) is 0.667. The van der Waals surface area contributed by atoms with Crippen molar-refractivity contribution in [1.82, 2.24) is 4.31 Å². The first-order chi connectivity index (χ1) is 10.8. The van der Waals surface area contributed by atoms with E-state index in [9.17, 15) is 8.42 Å². The molecule has 0 aliphatic carbocycles. The summed E-state index contributed by atoms with van der Waals surface area (Å²) in [6, 6.07) is 6.56. The van der Waals surface area contributed by atoms with E-state index in [4.69, 9.17) is 0 Å². The van der Waals surface area contributed by atoms with E-state index in [1.165, 1.54) is 16.8 Å². The zero-order valence-corrected chi connectivity index (χ0v) is 15.9. The summed E-state index contributed by atoms with van der Waals surface area (Å²) in [7, 11) is -3.07. The normalized spacial score (nSPS) is 17.3. The number of sulfonamides is 1. The summed E-state index contributed by atoms with van der Waals surface area (Å²) in [5, 5.41) is 0. The van der Waals surface area contributed by atoms with E-state index in [0.29, 0.717) is 24.9 Å². The molecule has 0 radical (unpaired) electrons. The number of benzene rings is 1. The van der Waals surface area contributed by atoms with Crippen molar-refractivity contribution in [3.05, 3.63) is 29.3 Å². The Labute approximate surface area is 141 Å². The van der Waals surface area contributed by atoms with Crippen molar-refractivity contribution in [3.63, 3.8) is 0 Å². The predicted molar refractivity (Wildman–Crippen MR) is 97.9 cm³/mol. The van der Waals surface area contributed by atoms with E-state index in [0.717, 1.165) is 13.1 Å². The van der Waals surface area contributed by atoms with Crippen LogP contribution in [0.15, 0.2) is 18.2 Å². The molecule has 1 aliphatic heterocycles. The van der Waals surface area contributed by atoms with Gasteiger partial charge in [-0.2, -0.15) is 4.31 Å². The summed E-state index contributed by atoms with van der Waals surface area (Å²) >= 11 is 0. The Morgan fingerprint density at radius 1 is 0.957 bits per heavy atom. The van der Waals surface area contributed by atoms with E-state index >= 15 is 0 Å². The molecule has 130 valence electrons. The standard InChI is InChI=1S/C18H30N2O2S/c1-6-23(21,22)20-12-10-19(11-13-20)18-16(14(2)3)8-7-9-17(18)15(4)5/h7-9,14-15H,6,10-13H2,1-5H3. The largest absolute Gasteiger partial charge is 0.368 e. The quantitative estimate of drug-likeness (QED) is 0.826. The van der Waals surface area contributed by atoms with E-state index in [-0.39, 0.29) is 5.75 Å². The van der Waals surface area contributed by atoms with Gasteiger partial charge in [0.05, 0.1) is 5.75 Å². The van der Waals surface area contributed by atoms with Gasteiger partial charge >= 0.3 is 0 Å². The monoisotopic (exact) mass is 338 g/mol. The van der Waals surface area contributed by atoms with Crippen LogP contribution in [0.5, 0.6) is 0 Å². The molecule has 0 saturated carbocycles. The summed E-state index contributed by atoms with van der Waals surface area (Å²) in [4.78, 5) is 2.38. The minimum absolute atomic E-state index is 0.187. The van der Waals surface area contributed by atoms with E-state index < -0.39 is 10.0 Å². The van der Waals surface area contributed by atoms with Gasteiger partial charge in [-0.1, -0.05) is 45.9 Å². The first-order valence-electron chi connectivity index (χ1n) is 8.63. The van der Waals surface area contributed by atoms with Crippen LogP contribution in [0.25, 0.3) is 0 Å². The summed E-state index contributed by atoms with van der Waals surface area (Å²) in [5.74, 6) is 1.11. The average Bonchev–Trinajstić information content (AvgIpc) is 2.54. The van der Waals surface area contributed by atoms with E-state index in [1.54, 1.807) is 11.2 Å². The van der Waals surface area contributed by atoms with Gasteiger partial charge < -0.3 is 4.90 Å². The van der Waals surface area contributed by atoms with Gasteiger partial charge in [-0.25, -0.2) is 8.42 Å². The Hall–Kier alpha value is -1.07. The molecule has 0 amide bonds. The van der Waals surface area contributed by atoms with Crippen LogP contribution in [-0.2, 0) is 10.0 Å². The number of anilines is 1. The number of rotatable bonds is 5. The first-order valence-corrected chi connectivity index (χ1v) is 10.2. The number of nitrogens with zero attached hydrogens (tertiary/aromatic N) is 2. The van der Waals surface area contributed by atoms with Gasteiger partial charge in [0, 0.05) is 31.9 Å². The van der Waals surface area contributed by atoms with Crippen molar-refractivity contribution in [2.45, 2.75) is 46.5 Å². The van der Waals surface area contributed by atoms with Crippen LogP contribution in [0, 0.1) is 0 Å². The highest BCUT2D eigenvalue weighted by molar-refractivity contribution is 7.89. The van der Waals surface area contributed by atoms with Crippen LogP contribution in [0.3, 0.4) is 0 Å². The van der Waals surface area contributed by atoms with Gasteiger partial charge in [-0.15, -0.1) is 0 Å². The Kier molecular flexibility index (Phi) is 5.74. The zero-order valence-electron chi connectivity index (χ0n) is 15.0. The van der Waals surface area contributed by atoms with Crippen molar-refractivity contribution in [2.75, 3.05) is 36.8 Å². The van der Waals surface area contributed by atoms with Crippen LogP contribution in [0.4, 0.5) is 5.69 Å². The molecular weight excluding hydrogens is 308 g/mol. The van der Waals surface area contributed by atoms with Gasteiger partial charge in [0.1, 0.15) is 0 Å². The smallest absolute Gasteiger partial charge is 0.213 e. The summed E-state index contributed by atoms with van der Waals surface area (Å²) < 4.78 is 25.7. The van der Waals surface area contributed by atoms with Crippen molar-refractivity contribution < 1.29 is 8.42 Å². The fourth-order valence-corrected chi connectivity index (χ4v) is 4.33. The van der Waals surface area contributed by atoms with Gasteiger partial charge in [-0.3, -0.25) is 0 Å². The van der Waals surface area contributed by atoms with E-state index in [2.05, 4.69) is 50.8 Å².